The molecule has 0 unspecified atom stereocenters. The number of carbonyl (C=O) groups excluding carboxylic acids is 2. The lowest BCUT2D eigenvalue weighted by molar-refractivity contribution is -0.138. The predicted molar refractivity (Wildman–Crippen MR) is 135 cm³/mol. The summed E-state index contributed by atoms with van der Waals surface area (Å²) < 4.78 is 29.5. The number of benzene rings is 1. The third kappa shape index (κ3) is 7.04. The van der Waals surface area contributed by atoms with E-state index in [9.17, 15) is 34.0 Å². The second-order valence-electron chi connectivity index (χ2n) is 8.47. The standard InChI is InChI=1S/C23H31N4O10P/c1-4-35-38(34,36-5-2)12-14-6-8-15(9-7-14)25-16(28)10-24-21(32)19-17(29)18(30)22(37-19)27-11-13(3)20(31)26-23(27)33/h6-9,11,17-19,22,29-30H,4-5,10,12H2,1-3H3,(H,24,32)(H,25,28)(H,26,31,33)/t17-,18+,19+,22-/m1/s1. The summed E-state index contributed by atoms with van der Waals surface area (Å²) >= 11 is 0. The van der Waals surface area contributed by atoms with Crippen LogP contribution in [0.5, 0.6) is 0 Å². The van der Waals surface area contributed by atoms with E-state index in [1.807, 2.05) is 0 Å². The van der Waals surface area contributed by atoms with Crippen LogP contribution in [0.4, 0.5) is 5.69 Å². The molecule has 1 aromatic carbocycles. The molecule has 2 heterocycles. The van der Waals surface area contributed by atoms with Crippen LogP contribution in [0.15, 0.2) is 40.1 Å². The lowest BCUT2D eigenvalue weighted by Gasteiger charge is -2.17. The number of aliphatic hydroxyl groups is 2. The predicted octanol–water partition coefficient (Wildman–Crippen LogP) is -0.0148. The molecule has 3 rings (SSSR count). The van der Waals surface area contributed by atoms with Gasteiger partial charge in [-0.25, -0.2) is 4.79 Å². The smallest absolute Gasteiger partial charge is 0.335 e. The summed E-state index contributed by atoms with van der Waals surface area (Å²) in [6.07, 6.45) is -5.14. The van der Waals surface area contributed by atoms with Crippen LogP contribution in [0.3, 0.4) is 0 Å². The number of aromatic amines is 1. The summed E-state index contributed by atoms with van der Waals surface area (Å²) in [5.74, 6) is -1.47. The lowest BCUT2D eigenvalue weighted by atomic mass is 10.1. The van der Waals surface area contributed by atoms with E-state index in [1.165, 1.54) is 6.92 Å². The van der Waals surface area contributed by atoms with Gasteiger partial charge in [-0.3, -0.25) is 28.5 Å². The van der Waals surface area contributed by atoms with Gasteiger partial charge in [-0.05, 0) is 38.5 Å². The van der Waals surface area contributed by atoms with E-state index in [2.05, 4.69) is 15.6 Å². The molecule has 2 amide bonds. The lowest BCUT2D eigenvalue weighted by Crippen LogP contribution is -2.45. The molecule has 2 aromatic rings. The number of hydrogen-bond donors (Lipinski definition) is 5. The molecule has 1 saturated heterocycles. The Morgan fingerprint density at radius 1 is 1.11 bits per heavy atom. The molecule has 1 fully saturated rings. The minimum absolute atomic E-state index is 0.0697. The quantitative estimate of drug-likeness (QED) is 0.235. The molecule has 1 aliphatic heterocycles. The Bertz CT molecular complexity index is 1300. The van der Waals surface area contributed by atoms with E-state index in [0.717, 1.165) is 10.8 Å². The maximum absolute atomic E-state index is 12.7. The van der Waals surface area contributed by atoms with Gasteiger partial charge in [0.15, 0.2) is 12.3 Å². The molecule has 0 bridgehead atoms. The van der Waals surface area contributed by atoms with Gasteiger partial charge in [-0.2, -0.15) is 0 Å². The summed E-state index contributed by atoms with van der Waals surface area (Å²) in [5.41, 5.74) is -0.257. The Morgan fingerprint density at radius 3 is 2.34 bits per heavy atom. The first-order chi connectivity index (χ1) is 18.0. The van der Waals surface area contributed by atoms with Crippen LogP contribution in [0.1, 0.15) is 31.2 Å². The van der Waals surface area contributed by atoms with Gasteiger partial charge in [-0.1, -0.05) is 12.1 Å². The van der Waals surface area contributed by atoms with Crippen LogP contribution in [0.2, 0.25) is 0 Å². The van der Waals surface area contributed by atoms with Crippen molar-refractivity contribution in [3.05, 3.63) is 62.4 Å². The minimum atomic E-state index is -3.28. The van der Waals surface area contributed by atoms with Crippen LogP contribution in [-0.2, 0) is 34.1 Å². The molecular weight excluding hydrogens is 523 g/mol. The number of aliphatic hydroxyl groups excluding tert-OH is 2. The Balaban J connectivity index is 1.55. The fourth-order valence-electron chi connectivity index (χ4n) is 3.79. The van der Waals surface area contributed by atoms with Crippen molar-refractivity contribution in [1.82, 2.24) is 14.9 Å². The molecule has 208 valence electrons. The SMILES string of the molecule is CCOP(=O)(Cc1ccc(NC(=O)CNC(=O)[C@H]2O[C@@H](n3cc(C)c(=O)[nH]c3=O)[C@@H](O)[C@H]2O)cc1)OCC. The maximum Gasteiger partial charge on any atom is 0.335 e. The number of amides is 2. The highest BCUT2D eigenvalue weighted by atomic mass is 31.2. The number of hydrogen-bond acceptors (Lipinski definition) is 10. The largest absolute Gasteiger partial charge is 0.387 e. The molecule has 14 nitrogen and oxygen atoms in total. The van der Waals surface area contributed by atoms with E-state index in [1.54, 1.807) is 38.1 Å². The van der Waals surface area contributed by atoms with Crippen molar-refractivity contribution >= 4 is 25.1 Å². The number of anilines is 1. The van der Waals surface area contributed by atoms with Crippen LogP contribution >= 0.6 is 7.60 Å². The van der Waals surface area contributed by atoms with Crippen LogP contribution in [0.25, 0.3) is 0 Å². The number of aryl methyl sites for hydroxylation is 1. The molecule has 1 aromatic heterocycles. The monoisotopic (exact) mass is 554 g/mol. The minimum Gasteiger partial charge on any atom is -0.387 e. The first-order valence-corrected chi connectivity index (χ1v) is 13.6. The summed E-state index contributed by atoms with van der Waals surface area (Å²) in [4.78, 5) is 50.6. The van der Waals surface area contributed by atoms with Crippen molar-refractivity contribution in [2.24, 2.45) is 0 Å². The highest BCUT2D eigenvalue weighted by Crippen LogP contribution is 2.51. The van der Waals surface area contributed by atoms with E-state index in [-0.39, 0.29) is 24.9 Å². The average Bonchev–Trinajstić information content (AvgIpc) is 3.15. The van der Waals surface area contributed by atoms with Crippen molar-refractivity contribution in [2.75, 3.05) is 25.1 Å². The first kappa shape index (κ1) is 29.4. The third-order valence-electron chi connectivity index (χ3n) is 5.61. The van der Waals surface area contributed by atoms with Gasteiger partial charge >= 0.3 is 13.3 Å². The first-order valence-electron chi connectivity index (χ1n) is 11.9. The highest BCUT2D eigenvalue weighted by Gasteiger charge is 2.47. The zero-order chi connectivity index (χ0) is 28.0. The number of ether oxygens (including phenoxy) is 1. The van der Waals surface area contributed by atoms with E-state index in [4.69, 9.17) is 13.8 Å². The maximum atomic E-state index is 12.7. The molecule has 0 spiro atoms. The van der Waals surface area contributed by atoms with Crippen molar-refractivity contribution < 1.29 is 38.2 Å². The van der Waals surface area contributed by atoms with Gasteiger partial charge in [0.05, 0.1) is 25.9 Å². The average molecular weight is 554 g/mol. The second kappa shape index (κ2) is 12.6. The van der Waals surface area contributed by atoms with Crippen molar-refractivity contribution in [3.8, 4) is 0 Å². The van der Waals surface area contributed by atoms with E-state index >= 15 is 0 Å². The summed E-state index contributed by atoms with van der Waals surface area (Å²) in [7, 11) is -3.28. The zero-order valence-electron chi connectivity index (χ0n) is 21.1. The molecule has 4 atom stereocenters. The summed E-state index contributed by atoms with van der Waals surface area (Å²) in [5, 5.41) is 25.5. The highest BCUT2D eigenvalue weighted by molar-refractivity contribution is 7.53. The molecule has 0 aliphatic carbocycles. The fraction of sp³-hybridized carbons (Fsp3) is 0.478. The zero-order valence-corrected chi connectivity index (χ0v) is 22.0. The Hall–Kier alpha value is -3.13. The van der Waals surface area contributed by atoms with E-state index in [0.29, 0.717) is 11.3 Å². The van der Waals surface area contributed by atoms with E-state index < -0.39 is 61.7 Å². The topological polar surface area (TPSA) is 198 Å². The molecule has 5 N–H and O–H groups in total. The van der Waals surface area contributed by atoms with Crippen LogP contribution in [0, 0.1) is 6.92 Å². The summed E-state index contributed by atoms with van der Waals surface area (Å²) in [6.45, 7) is 4.88. The van der Waals surface area contributed by atoms with Crippen LogP contribution in [-0.4, -0.2) is 69.6 Å². The Morgan fingerprint density at radius 2 is 1.74 bits per heavy atom. The number of nitrogens with zero attached hydrogens (tertiary/aromatic N) is 1. The van der Waals surface area contributed by atoms with Crippen molar-refractivity contribution in [2.45, 2.75) is 51.5 Å². The molecule has 38 heavy (non-hydrogen) atoms. The van der Waals surface area contributed by atoms with Gasteiger partial charge in [0.1, 0.15) is 12.2 Å². The number of carbonyl (C=O) groups is 2. The van der Waals surface area contributed by atoms with Gasteiger partial charge < -0.3 is 34.6 Å². The van der Waals surface area contributed by atoms with Gasteiger partial charge in [0.25, 0.3) is 11.5 Å². The molecular formula is C23H31N4O10P. The number of rotatable bonds is 11. The molecule has 0 radical (unpaired) electrons. The van der Waals surface area contributed by atoms with Crippen molar-refractivity contribution in [3.63, 3.8) is 0 Å². The Kier molecular flexibility index (Phi) is 9.77. The van der Waals surface area contributed by atoms with Crippen molar-refractivity contribution in [1.29, 1.82) is 0 Å². The normalized spacial score (nSPS) is 21.3. The van der Waals surface area contributed by atoms with Gasteiger partial charge in [0.2, 0.25) is 5.91 Å². The van der Waals surface area contributed by atoms with Gasteiger partial charge in [-0.15, -0.1) is 0 Å². The summed E-state index contributed by atoms with van der Waals surface area (Å²) in [6, 6.07) is 6.49. The third-order valence-corrected chi connectivity index (χ3v) is 7.66. The molecule has 1 aliphatic rings. The number of aromatic nitrogens is 2. The second-order valence-corrected chi connectivity index (χ2v) is 10.5. The fourth-order valence-corrected chi connectivity index (χ4v) is 5.50. The number of H-pyrrole nitrogens is 1. The Labute approximate surface area is 217 Å². The van der Waals surface area contributed by atoms with Gasteiger partial charge in [0, 0.05) is 17.4 Å². The molecule has 15 heteroatoms. The molecule has 0 saturated carbocycles. The van der Waals surface area contributed by atoms with Crippen LogP contribution < -0.4 is 21.9 Å². The number of nitrogens with one attached hydrogen (secondary N) is 3.